The number of para-hydroxylation sites is 1. The maximum Gasteiger partial charge on any atom is 0.253 e. The molecule has 2 heterocycles. The molecule has 1 saturated heterocycles. The van der Waals surface area contributed by atoms with Gasteiger partial charge < -0.3 is 5.32 Å². The molecule has 0 saturated carbocycles. The molecular weight excluding hydrogens is 332 g/mol. The van der Waals surface area contributed by atoms with E-state index in [1.54, 1.807) is 29.6 Å². The van der Waals surface area contributed by atoms with E-state index in [-0.39, 0.29) is 10.1 Å². The fourth-order valence-corrected chi connectivity index (χ4v) is 5.50. The number of hydrogen-bond acceptors (Lipinski definition) is 4. The van der Waals surface area contributed by atoms with Crippen molar-refractivity contribution in [3.8, 4) is 0 Å². The van der Waals surface area contributed by atoms with Crippen molar-refractivity contribution in [3.63, 3.8) is 0 Å². The monoisotopic (exact) mass is 350 g/mol. The molecule has 1 N–H and O–H groups in total. The van der Waals surface area contributed by atoms with E-state index in [2.05, 4.69) is 5.32 Å². The van der Waals surface area contributed by atoms with Crippen LogP contribution in [0.25, 0.3) is 0 Å². The van der Waals surface area contributed by atoms with Crippen LogP contribution in [0, 0.1) is 0 Å². The Morgan fingerprint density at radius 2 is 1.91 bits per heavy atom. The van der Waals surface area contributed by atoms with Gasteiger partial charge in [0.05, 0.1) is 0 Å². The van der Waals surface area contributed by atoms with Crippen LogP contribution < -0.4 is 5.32 Å². The minimum atomic E-state index is -3.61. The first-order chi connectivity index (χ1) is 11.1. The Hall–Kier alpha value is -1.70. The van der Waals surface area contributed by atoms with Crippen molar-refractivity contribution in [2.75, 3.05) is 11.9 Å². The summed E-state index contributed by atoms with van der Waals surface area (Å²) in [6, 6.07) is 11.7. The van der Waals surface area contributed by atoms with Crippen molar-refractivity contribution >= 4 is 33.0 Å². The molecule has 23 heavy (non-hydrogen) atoms. The molecule has 1 atom stereocenters. The number of carbonyl (C=O) groups excluding carboxylic acids is 1. The van der Waals surface area contributed by atoms with Gasteiger partial charge in [-0.25, -0.2) is 8.42 Å². The maximum atomic E-state index is 12.8. The van der Waals surface area contributed by atoms with Crippen LogP contribution in [0.2, 0.25) is 0 Å². The Morgan fingerprint density at radius 1 is 1.13 bits per heavy atom. The fraction of sp³-hybridized carbons (Fsp3) is 0.312. The molecule has 2 aromatic rings. The summed E-state index contributed by atoms with van der Waals surface area (Å²) in [5.74, 6) is -0.268. The Bertz CT molecular complexity index is 758. The van der Waals surface area contributed by atoms with Gasteiger partial charge in [-0.15, -0.1) is 11.3 Å². The normalized spacial score (nSPS) is 19.4. The summed E-state index contributed by atoms with van der Waals surface area (Å²) in [4.78, 5) is 12.6. The molecule has 0 bridgehead atoms. The molecule has 0 spiro atoms. The fourth-order valence-electron chi connectivity index (χ4n) is 2.73. The molecule has 7 heteroatoms. The van der Waals surface area contributed by atoms with Crippen LogP contribution in [0.3, 0.4) is 0 Å². The van der Waals surface area contributed by atoms with E-state index in [4.69, 9.17) is 0 Å². The van der Waals surface area contributed by atoms with Crippen LogP contribution >= 0.6 is 11.3 Å². The van der Waals surface area contributed by atoms with Crippen molar-refractivity contribution in [2.45, 2.75) is 29.5 Å². The van der Waals surface area contributed by atoms with E-state index in [1.165, 1.54) is 15.6 Å². The summed E-state index contributed by atoms with van der Waals surface area (Å²) >= 11 is 1.18. The third-order valence-corrected chi connectivity index (χ3v) is 7.14. The summed E-state index contributed by atoms with van der Waals surface area (Å²) in [6.45, 7) is 0.382. The van der Waals surface area contributed by atoms with E-state index in [9.17, 15) is 13.2 Å². The number of nitrogens with one attached hydrogen (secondary N) is 1. The second-order valence-electron chi connectivity index (χ2n) is 5.41. The number of hydrogen-bond donors (Lipinski definition) is 1. The zero-order valence-electron chi connectivity index (χ0n) is 12.5. The number of anilines is 1. The molecule has 1 aliphatic rings. The standard InChI is InChI=1S/C16H18N2O3S2/c19-16(17-13-7-2-1-3-8-13)14-9-4-5-11-18(14)23(20,21)15-10-6-12-22-15/h1-3,6-8,10,12,14H,4-5,9,11H2,(H,17,19)/t14-/m0/s1. The molecular formula is C16H18N2O3S2. The molecule has 3 rings (SSSR count). The lowest BCUT2D eigenvalue weighted by Crippen LogP contribution is -2.49. The second-order valence-corrected chi connectivity index (χ2v) is 8.48. The number of nitrogens with zero attached hydrogens (tertiary/aromatic N) is 1. The summed E-state index contributed by atoms with van der Waals surface area (Å²) in [5, 5.41) is 4.55. The van der Waals surface area contributed by atoms with Crippen molar-refractivity contribution < 1.29 is 13.2 Å². The Kier molecular flexibility index (Phi) is 4.79. The lowest BCUT2D eigenvalue weighted by molar-refractivity contribution is -0.120. The SMILES string of the molecule is O=C(Nc1ccccc1)[C@@H]1CCCCN1S(=O)(=O)c1cccs1. The zero-order chi connectivity index (χ0) is 16.3. The quantitative estimate of drug-likeness (QED) is 0.922. The van der Waals surface area contributed by atoms with Gasteiger partial charge in [-0.3, -0.25) is 4.79 Å². The lowest BCUT2D eigenvalue weighted by atomic mass is 10.0. The molecule has 1 aromatic heterocycles. The van der Waals surface area contributed by atoms with Crippen LogP contribution in [-0.4, -0.2) is 31.2 Å². The topological polar surface area (TPSA) is 66.5 Å². The zero-order valence-corrected chi connectivity index (χ0v) is 14.1. The first-order valence-corrected chi connectivity index (χ1v) is 9.82. The highest BCUT2D eigenvalue weighted by Crippen LogP contribution is 2.28. The van der Waals surface area contributed by atoms with E-state index in [0.29, 0.717) is 18.7 Å². The van der Waals surface area contributed by atoms with Crippen molar-refractivity contribution in [1.29, 1.82) is 0 Å². The summed E-state index contributed by atoms with van der Waals surface area (Å²) in [6.07, 6.45) is 2.17. The van der Waals surface area contributed by atoms with Gasteiger partial charge in [0.2, 0.25) is 5.91 Å². The molecule has 122 valence electrons. The Balaban J connectivity index is 1.83. The van der Waals surface area contributed by atoms with Gasteiger partial charge in [-0.05, 0) is 36.4 Å². The van der Waals surface area contributed by atoms with E-state index < -0.39 is 16.1 Å². The number of carbonyl (C=O) groups is 1. The first-order valence-electron chi connectivity index (χ1n) is 7.50. The maximum absolute atomic E-state index is 12.8. The minimum Gasteiger partial charge on any atom is -0.325 e. The molecule has 1 aliphatic heterocycles. The van der Waals surface area contributed by atoms with Crippen LogP contribution in [0.15, 0.2) is 52.1 Å². The molecule has 1 fully saturated rings. The van der Waals surface area contributed by atoms with E-state index in [0.717, 1.165) is 12.8 Å². The predicted molar refractivity (Wildman–Crippen MR) is 90.9 cm³/mol. The second kappa shape index (κ2) is 6.82. The van der Waals surface area contributed by atoms with Crippen molar-refractivity contribution in [3.05, 3.63) is 47.8 Å². The molecule has 1 aromatic carbocycles. The summed E-state index contributed by atoms with van der Waals surface area (Å²) in [5.41, 5.74) is 0.677. The Morgan fingerprint density at radius 3 is 2.61 bits per heavy atom. The highest BCUT2D eigenvalue weighted by atomic mass is 32.2. The van der Waals surface area contributed by atoms with Gasteiger partial charge in [-0.2, -0.15) is 4.31 Å². The summed E-state index contributed by atoms with van der Waals surface area (Å²) in [7, 11) is -3.61. The van der Waals surface area contributed by atoms with Gasteiger partial charge in [0, 0.05) is 12.2 Å². The first kappa shape index (κ1) is 16.2. The van der Waals surface area contributed by atoms with Gasteiger partial charge >= 0.3 is 0 Å². The molecule has 0 aliphatic carbocycles. The van der Waals surface area contributed by atoms with Gasteiger partial charge in [-0.1, -0.05) is 30.7 Å². The van der Waals surface area contributed by atoms with Crippen molar-refractivity contribution in [1.82, 2.24) is 4.31 Å². The van der Waals surface area contributed by atoms with Crippen molar-refractivity contribution in [2.24, 2.45) is 0 Å². The average molecular weight is 350 g/mol. The molecule has 0 unspecified atom stereocenters. The molecule has 5 nitrogen and oxygen atoms in total. The van der Waals surface area contributed by atoms with Gasteiger partial charge in [0.1, 0.15) is 10.3 Å². The minimum absolute atomic E-state index is 0.268. The highest BCUT2D eigenvalue weighted by Gasteiger charge is 2.38. The van der Waals surface area contributed by atoms with E-state index in [1.807, 2.05) is 18.2 Å². The third kappa shape index (κ3) is 3.46. The number of sulfonamides is 1. The van der Waals surface area contributed by atoms with Gasteiger partial charge in [0.15, 0.2) is 0 Å². The lowest BCUT2D eigenvalue weighted by Gasteiger charge is -2.33. The largest absolute Gasteiger partial charge is 0.325 e. The number of rotatable bonds is 4. The summed E-state index contributed by atoms with van der Waals surface area (Å²) < 4.78 is 27.2. The van der Waals surface area contributed by atoms with Crippen LogP contribution in [-0.2, 0) is 14.8 Å². The Labute approximate surface area is 140 Å². The third-order valence-electron chi connectivity index (χ3n) is 3.86. The predicted octanol–water partition coefficient (Wildman–Crippen LogP) is 2.93. The molecule has 1 amide bonds. The van der Waals surface area contributed by atoms with Crippen LogP contribution in [0.4, 0.5) is 5.69 Å². The number of thiophene rings is 1. The van der Waals surface area contributed by atoms with Crippen LogP contribution in [0.5, 0.6) is 0 Å². The number of amides is 1. The van der Waals surface area contributed by atoms with Crippen LogP contribution in [0.1, 0.15) is 19.3 Å². The average Bonchev–Trinajstić information content (AvgIpc) is 3.11. The van der Waals surface area contributed by atoms with Gasteiger partial charge in [0.25, 0.3) is 10.0 Å². The van der Waals surface area contributed by atoms with E-state index >= 15 is 0 Å². The molecule has 0 radical (unpaired) electrons. The number of benzene rings is 1. The number of piperidine rings is 1. The smallest absolute Gasteiger partial charge is 0.253 e. The highest BCUT2D eigenvalue weighted by molar-refractivity contribution is 7.91.